The molecule has 1 aliphatic rings. The summed E-state index contributed by atoms with van der Waals surface area (Å²) in [5.74, 6) is 0.195. The molecule has 5 heteroatoms. The number of carboxylic acid groups (broad SMARTS) is 1. The third-order valence-corrected chi connectivity index (χ3v) is 4.91. The van der Waals surface area contributed by atoms with Crippen LogP contribution in [0.1, 0.15) is 34.8 Å². The first-order valence-corrected chi connectivity index (χ1v) is 8.49. The third-order valence-electron chi connectivity index (χ3n) is 4.91. The first-order chi connectivity index (χ1) is 11.9. The number of amides is 1. The van der Waals surface area contributed by atoms with Crippen molar-refractivity contribution in [2.45, 2.75) is 38.3 Å². The molecule has 0 aromatic heterocycles. The quantitative estimate of drug-likeness (QED) is 0.797. The maximum absolute atomic E-state index is 11.8. The second-order valence-electron chi connectivity index (χ2n) is 6.71. The summed E-state index contributed by atoms with van der Waals surface area (Å²) in [6.45, 7) is 2.01. The molecule has 0 saturated carbocycles. The van der Waals surface area contributed by atoms with Crippen LogP contribution in [0.5, 0.6) is 5.75 Å². The fourth-order valence-corrected chi connectivity index (χ4v) is 3.45. The second kappa shape index (κ2) is 7.15. The SMILES string of the molecule is Cc1ccc([C@@H](O)CN(C(=O)O)[C@H]2CCc3ccc(O)cc3C2)cc1. The van der Waals surface area contributed by atoms with E-state index in [1.165, 1.54) is 4.90 Å². The number of fused-ring (bicyclic) bond motifs is 1. The molecule has 0 spiro atoms. The van der Waals surface area contributed by atoms with Crippen LogP contribution in [0.15, 0.2) is 42.5 Å². The lowest BCUT2D eigenvalue weighted by molar-refractivity contribution is 0.0727. The molecule has 2 aromatic rings. The number of benzene rings is 2. The van der Waals surface area contributed by atoms with Crippen molar-refractivity contribution in [1.29, 1.82) is 0 Å². The molecule has 0 fully saturated rings. The molecule has 5 nitrogen and oxygen atoms in total. The largest absolute Gasteiger partial charge is 0.508 e. The summed E-state index contributed by atoms with van der Waals surface area (Å²) in [7, 11) is 0. The average Bonchev–Trinajstić information content (AvgIpc) is 2.59. The molecule has 3 rings (SSSR count). The molecule has 3 N–H and O–H groups in total. The van der Waals surface area contributed by atoms with Gasteiger partial charge in [-0.2, -0.15) is 0 Å². The van der Waals surface area contributed by atoms with Gasteiger partial charge in [-0.15, -0.1) is 0 Å². The summed E-state index contributed by atoms with van der Waals surface area (Å²) in [5, 5.41) is 29.8. The van der Waals surface area contributed by atoms with Gasteiger partial charge < -0.3 is 20.2 Å². The van der Waals surface area contributed by atoms with Crippen LogP contribution >= 0.6 is 0 Å². The van der Waals surface area contributed by atoms with Gasteiger partial charge in [-0.25, -0.2) is 4.79 Å². The van der Waals surface area contributed by atoms with Gasteiger partial charge in [0.15, 0.2) is 0 Å². The lowest BCUT2D eigenvalue weighted by atomic mass is 9.87. The summed E-state index contributed by atoms with van der Waals surface area (Å²) in [4.78, 5) is 13.1. The Morgan fingerprint density at radius 3 is 2.60 bits per heavy atom. The molecule has 1 aliphatic carbocycles. The molecular formula is C20H23NO4. The highest BCUT2D eigenvalue weighted by atomic mass is 16.4. The summed E-state index contributed by atoms with van der Waals surface area (Å²) >= 11 is 0. The monoisotopic (exact) mass is 341 g/mol. The zero-order valence-corrected chi connectivity index (χ0v) is 14.2. The van der Waals surface area contributed by atoms with E-state index < -0.39 is 12.2 Å². The topological polar surface area (TPSA) is 81.0 Å². The van der Waals surface area contributed by atoms with Gasteiger partial charge in [0, 0.05) is 6.04 Å². The van der Waals surface area contributed by atoms with Crippen molar-refractivity contribution in [1.82, 2.24) is 4.90 Å². The van der Waals surface area contributed by atoms with E-state index in [-0.39, 0.29) is 18.3 Å². The van der Waals surface area contributed by atoms with Crippen molar-refractivity contribution < 1.29 is 20.1 Å². The van der Waals surface area contributed by atoms with Crippen LogP contribution in [-0.4, -0.2) is 38.9 Å². The van der Waals surface area contributed by atoms with E-state index in [1.54, 1.807) is 12.1 Å². The highest BCUT2D eigenvalue weighted by molar-refractivity contribution is 5.65. The van der Waals surface area contributed by atoms with Gasteiger partial charge >= 0.3 is 6.09 Å². The maximum Gasteiger partial charge on any atom is 0.407 e. The maximum atomic E-state index is 11.8. The number of hydrogen-bond acceptors (Lipinski definition) is 3. The van der Waals surface area contributed by atoms with E-state index in [0.29, 0.717) is 18.4 Å². The molecule has 0 radical (unpaired) electrons. The normalized spacial score (nSPS) is 17.6. The van der Waals surface area contributed by atoms with Crippen LogP contribution in [0, 0.1) is 6.92 Å². The Balaban J connectivity index is 1.75. The van der Waals surface area contributed by atoms with E-state index in [4.69, 9.17) is 0 Å². The molecule has 2 atom stereocenters. The second-order valence-corrected chi connectivity index (χ2v) is 6.71. The van der Waals surface area contributed by atoms with E-state index in [0.717, 1.165) is 23.1 Å². The number of carbonyl (C=O) groups is 1. The lowest BCUT2D eigenvalue weighted by Gasteiger charge is -2.34. The van der Waals surface area contributed by atoms with E-state index >= 15 is 0 Å². The minimum atomic E-state index is -1.03. The van der Waals surface area contributed by atoms with Gasteiger partial charge in [0.1, 0.15) is 5.75 Å². The zero-order chi connectivity index (χ0) is 18.0. The van der Waals surface area contributed by atoms with Crippen molar-refractivity contribution in [2.24, 2.45) is 0 Å². The van der Waals surface area contributed by atoms with Crippen LogP contribution in [0.4, 0.5) is 4.79 Å². The Labute approximate surface area is 147 Å². The lowest BCUT2D eigenvalue weighted by Crippen LogP contribution is -2.44. The fourth-order valence-electron chi connectivity index (χ4n) is 3.45. The number of phenolic OH excluding ortho intramolecular Hbond substituents is 1. The molecule has 0 aliphatic heterocycles. The third kappa shape index (κ3) is 3.94. The van der Waals surface area contributed by atoms with Crippen LogP contribution in [0.3, 0.4) is 0 Å². The Hall–Kier alpha value is -2.53. The highest BCUT2D eigenvalue weighted by Crippen LogP contribution is 2.28. The number of nitrogens with zero attached hydrogens (tertiary/aromatic N) is 1. The van der Waals surface area contributed by atoms with Gasteiger partial charge in [0.2, 0.25) is 0 Å². The van der Waals surface area contributed by atoms with E-state index in [2.05, 4.69) is 0 Å². The summed E-state index contributed by atoms with van der Waals surface area (Å²) in [6.07, 6.45) is 0.147. The Bertz CT molecular complexity index is 757. The zero-order valence-electron chi connectivity index (χ0n) is 14.2. The number of aliphatic hydroxyl groups is 1. The van der Waals surface area contributed by atoms with Gasteiger partial charge in [0.25, 0.3) is 0 Å². The molecule has 132 valence electrons. The number of aromatic hydroxyl groups is 1. The predicted molar refractivity (Wildman–Crippen MR) is 94.8 cm³/mol. The van der Waals surface area contributed by atoms with Gasteiger partial charge in [-0.3, -0.25) is 0 Å². The smallest absolute Gasteiger partial charge is 0.407 e. The summed E-state index contributed by atoms with van der Waals surface area (Å²) in [6, 6.07) is 12.5. The Morgan fingerprint density at radius 1 is 1.20 bits per heavy atom. The van der Waals surface area contributed by atoms with E-state index in [1.807, 2.05) is 37.3 Å². The van der Waals surface area contributed by atoms with Crippen molar-refractivity contribution in [2.75, 3.05) is 6.54 Å². The number of rotatable bonds is 4. The fraction of sp³-hybridized carbons (Fsp3) is 0.350. The molecule has 0 bridgehead atoms. The standard InChI is InChI=1S/C20H23NO4/c1-13-2-4-15(5-3-13)19(23)12-21(20(24)25)17-8-6-14-7-9-18(22)11-16(14)10-17/h2-5,7,9,11,17,19,22-23H,6,8,10,12H2,1H3,(H,24,25)/t17-,19-/m0/s1. The Morgan fingerprint density at radius 2 is 1.92 bits per heavy atom. The number of phenols is 1. The predicted octanol–water partition coefficient (Wildman–Crippen LogP) is 3.27. The van der Waals surface area contributed by atoms with E-state index in [9.17, 15) is 20.1 Å². The van der Waals surface area contributed by atoms with Gasteiger partial charge in [-0.05, 0) is 55.0 Å². The molecule has 25 heavy (non-hydrogen) atoms. The van der Waals surface area contributed by atoms with Crippen LogP contribution < -0.4 is 0 Å². The van der Waals surface area contributed by atoms with Crippen LogP contribution in [0.2, 0.25) is 0 Å². The Kier molecular flexibility index (Phi) is 4.95. The van der Waals surface area contributed by atoms with Crippen LogP contribution in [0.25, 0.3) is 0 Å². The van der Waals surface area contributed by atoms with Crippen molar-refractivity contribution >= 4 is 6.09 Å². The summed E-state index contributed by atoms with van der Waals surface area (Å²) in [5.41, 5.74) is 3.94. The number of aliphatic hydroxyl groups excluding tert-OH is 1. The number of hydrogen-bond donors (Lipinski definition) is 3. The van der Waals surface area contributed by atoms with Gasteiger partial charge in [-0.1, -0.05) is 35.9 Å². The average molecular weight is 341 g/mol. The molecule has 1 amide bonds. The number of aryl methyl sites for hydroxylation is 2. The first-order valence-electron chi connectivity index (χ1n) is 8.49. The van der Waals surface area contributed by atoms with Crippen molar-refractivity contribution in [3.05, 3.63) is 64.7 Å². The molecular weight excluding hydrogens is 318 g/mol. The molecule has 0 saturated heterocycles. The van der Waals surface area contributed by atoms with Crippen molar-refractivity contribution in [3.63, 3.8) is 0 Å². The minimum absolute atomic E-state index is 0.0389. The first kappa shape index (κ1) is 17.3. The summed E-state index contributed by atoms with van der Waals surface area (Å²) < 4.78 is 0. The molecule has 0 unspecified atom stereocenters. The minimum Gasteiger partial charge on any atom is -0.508 e. The van der Waals surface area contributed by atoms with Crippen LogP contribution in [-0.2, 0) is 12.8 Å². The van der Waals surface area contributed by atoms with Gasteiger partial charge in [0.05, 0.1) is 12.6 Å². The molecule has 0 heterocycles. The highest BCUT2D eigenvalue weighted by Gasteiger charge is 2.29. The van der Waals surface area contributed by atoms with Crippen molar-refractivity contribution in [3.8, 4) is 5.75 Å². The molecule has 2 aromatic carbocycles.